The number of fused-ring (bicyclic) bond motifs is 1. The summed E-state index contributed by atoms with van der Waals surface area (Å²) in [5.41, 5.74) is 2.20. The lowest BCUT2D eigenvalue weighted by molar-refractivity contribution is 0.870. The minimum atomic E-state index is 0.687. The molecule has 62 valence electrons. The highest BCUT2D eigenvalue weighted by Crippen LogP contribution is 2.15. The second kappa shape index (κ2) is 2.83. The fraction of sp³-hybridized carbons (Fsp3) is 0.222. The molecule has 2 aromatic rings. The number of hydrogen-bond donors (Lipinski definition) is 1. The van der Waals surface area contributed by atoms with Crippen molar-refractivity contribution in [1.29, 1.82) is 0 Å². The van der Waals surface area contributed by atoms with Crippen molar-refractivity contribution < 1.29 is 0 Å². The van der Waals surface area contributed by atoms with Gasteiger partial charge in [-0.3, -0.25) is 0 Å². The molecule has 3 heteroatoms. The van der Waals surface area contributed by atoms with Crippen LogP contribution in [0.25, 0.3) is 11.0 Å². The average molecular weight is 178 g/mol. The Bertz CT molecular complexity index is 406. The second-order valence-corrected chi connectivity index (χ2v) is 3.00. The Morgan fingerprint density at radius 3 is 2.92 bits per heavy atom. The van der Waals surface area contributed by atoms with Crippen LogP contribution in [0.5, 0.6) is 0 Å². The third-order valence-electron chi connectivity index (χ3n) is 1.99. The van der Waals surface area contributed by atoms with E-state index in [1.54, 1.807) is 0 Å². The highest BCUT2D eigenvalue weighted by molar-refractivity contribution is 7.79. The molecule has 0 saturated carbocycles. The van der Waals surface area contributed by atoms with E-state index < -0.39 is 0 Å². The Balaban J connectivity index is 2.81. The molecule has 0 N–H and O–H groups in total. The number of nitrogens with zero attached hydrogens (tertiary/aromatic N) is 2. The molecular weight excluding hydrogens is 168 g/mol. The monoisotopic (exact) mass is 178 g/mol. The SMILES string of the molecule is Cc1nc2ccccc2n1CS. The molecule has 2 nitrogen and oxygen atoms in total. The van der Waals surface area contributed by atoms with Crippen LogP contribution in [0, 0.1) is 6.92 Å². The molecule has 0 aliphatic rings. The summed E-state index contributed by atoms with van der Waals surface area (Å²) >= 11 is 4.24. The number of para-hydroxylation sites is 2. The number of hydrogen-bond acceptors (Lipinski definition) is 2. The first kappa shape index (κ1) is 7.68. The van der Waals surface area contributed by atoms with Crippen molar-refractivity contribution in [2.75, 3.05) is 0 Å². The molecule has 0 saturated heterocycles. The molecular formula is C9H10N2S. The molecule has 12 heavy (non-hydrogen) atoms. The summed E-state index contributed by atoms with van der Waals surface area (Å²) in [6.45, 7) is 2.00. The maximum Gasteiger partial charge on any atom is 0.107 e. The van der Waals surface area contributed by atoms with Gasteiger partial charge < -0.3 is 4.57 Å². The van der Waals surface area contributed by atoms with Crippen LogP contribution in [0.4, 0.5) is 0 Å². The Morgan fingerprint density at radius 1 is 1.42 bits per heavy atom. The van der Waals surface area contributed by atoms with Crippen LogP contribution in [-0.2, 0) is 5.88 Å². The van der Waals surface area contributed by atoms with Crippen LogP contribution < -0.4 is 0 Å². The quantitative estimate of drug-likeness (QED) is 0.663. The van der Waals surface area contributed by atoms with Gasteiger partial charge in [-0.15, -0.1) is 0 Å². The first-order valence-corrected chi connectivity index (χ1v) is 4.49. The van der Waals surface area contributed by atoms with E-state index in [-0.39, 0.29) is 0 Å². The van der Waals surface area contributed by atoms with Crippen molar-refractivity contribution in [3.63, 3.8) is 0 Å². The molecule has 0 aliphatic carbocycles. The predicted octanol–water partition coefficient (Wildman–Crippen LogP) is 2.23. The summed E-state index contributed by atoms with van der Waals surface area (Å²) in [4.78, 5) is 4.40. The maximum absolute atomic E-state index is 4.40. The summed E-state index contributed by atoms with van der Waals surface area (Å²) in [5.74, 6) is 1.71. The van der Waals surface area contributed by atoms with Crippen LogP contribution in [0.2, 0.25) is 0 Å². The van der Waals surface area contributed by atoms with Gasteiger partial charge in [-0.05, 0) is 19.1 Å². The first-order valence-electron chi connectivity index (χ1n) is 3.85. The van der Waals surface area contributed by atoms with Crippen LogP contribution in [0.3, 0.4) is 0 Å². The molecule has 0 amide bonds. The fourth-order valence-corrected chi connectivity index (χ4v) is 1.73. The lowest BCUT2D eigenvalue weighted by atomic mass is 10.3. The third kappa shape index (κ3) is 1.01. The molecule has 0 unspecified atom stereocenters. The van der Waals surface area contributed by atoms with E-state index in [1.807, 2.05) is 25.1 Å². The van der Waals surface area contributed by atoms with Crippen LogP contribution in [0.1, 0.15) is 5.82 Å². The molecule has 0 aliphatic heterocycles. The van der Waals surface area contributed by atoms with Gasteiger partial charge in [0.2, 0.25) is 0 Å². The molecule has 0 fully saturated rings. The van der Waals surface area contributed by atoms with Gasteiger partial charge in [-0.2, -0.15) is 12.6 Å². The Kier molecular flexibility index (Phi) is 1.81. The van der Waals surface area contributed by atoms with Crippen molar-refractivity contribution >= 4 is 23.7 Å². The Morgan fingerprint density at radius 2 is 2.17 bits per heavy atom. The van der Waals surface area contributed by atoms with E-state index in [2.05, 4.69) is 28.2 Å². The third-order valence-corrected chi connectivity index (χ3v) is 2.27. The molecule has 1 heterocycles. The predicted molar refractivity (Wildman–Crippen MR) is 53.5 cm³/mol. The summed E-state index contributed by atoms with van der Waals surface area (Å²) in [7, 11) is 0. The molecule has 0 radical (unpaired) electrons. The number of benzene rings is 1. The number of rotatable bonds is 1. The van der Waals surface area contributed by atoms with E-state index in [1.165, 1.54) is 0 Å². The van der Waals surface area contributed by atoms with Gasteiger partial charge in [0, 0.05) is 0 Å². The van der Waals surface area contributed by atoms with E-state index in [0.717, 1.165) is 16.9 Å². The number of aromatic nitrogens is 2. The van der Waals surface area contributed by atoms with Crippen LogP contribution in [0.15, 0.2) is 24.3 Å². The lowest BCUT2D eigenvalue weighted by Crippen LogP contribution is -1.93. The zero-order chi connectivity index (χ0) is 8.55. The first-order chi connectivity index (χ1) is 5.83. The van der Waals surface area contributed by atoms with E-state index in [0.29, 0.717) is 5.88 Å². The van der Waals surface area contributed by atoms with Crippen molar-refractivity contribution in [3.8, 4) is 0 Å². The molecule has 0 atom stereocenters. The van der Waals surface area contributed by atoms with Gasteiger partial charge >= 0.3 is 0 Å². The van der Waals surface area contributed by atoms with Gasteiger partial charge in [-0.1, -0.05) is 12.1 Å². The summed E-state index contributed by atoms with van der Waals surface area (Å²) in [6, 6.07) is 8.09. The highest BCUT2D eigenvalue weighted by Gasteiger charge is 2.03. The fourth-order valence-electron chi connectivity index (χ4n) is 1.37. The van der Waals surface area contributed by atoms with Crippen molar-refractivity contribution in [2.24, 2.45) is 0 Å². The zero-order valence-corrected chi connectivity index (χ0v) is 7.75. The normalized spacial score (nSPS) is 10.8. The Labute approximate surface area is 76.6 Å². The number of aryl methyl sites for hydroxylation is 1. The smallest absolute Gasteiger partial charge is 0.107 e. The number of thiol groups is 1. The molecule has 2 rings (SSSR count). The maximum atomic E-state index is 4.40. The van der Waals surface area contributed by atoms with Gasteiger partial charge in [-0.25, -0.2) is 4.98 Å². The van der Waals surface area contributed by atoms with Gasteiger partial charge in [0.25, 0.3) is 0 Å². The average Bonchev–Trinajstić information content (AvgIpc) is 2.40. The van der Waals surface area contributed by atoms with Crippen molar-refractivity contribution in [2.45, 2.75) is 12.8 Å². The minimum absolute atomic E-state index is 0.687. The van der Waals surface area contributed by atoms with Crippen molar-refractivity contribution in [1.82, 2.24) is 9.55 Å². The number of imidazole rings is 1. The molecule has 1 aromatic heterocycles. The molecule has 0 bridgehead atoms. The van der Waals surface area contributed by atoms with E-state index >= 15 is 0 Å². The standard InChI is InChI=1S/C9H10N2S/c1-7-10-8-4-2-3-5-9(8)11(7)6-12/h2-5,12H,6H2,1H3. The molecule has 0 spiro atoms. The summed E-state index contributed by atoms with van der Waals surface area (Å²) < 4.78 is 2.08. The molecule has 1 aromatic carbocycles. The topological polar surface area (TPSA) is 17.8 Å². The van der Waals surface area contributed by atoms with Gasteiger partial charge in [0.15, 0.2) is 0 Å². The summed E-state index contributed by atoms with van der Waals surface area (Å²) in [6.07, 6.45) is 0. The lowest BCUT2D eigenvalue weighted by Gasteiger charge is -1.99. The minimum Gasteiger partial charge on any atom is -0.319 e. The van der Waals surface area contributed by atoms with Crippen molar-refractivity contribution in [3.05, 3.63) is 30.1 Å². The summed E-state index contributed by atoms with van der Waals surface area (Å²) in [5, 5.41) is 0. The second-order valence-electron chi connectivity index (χ2n) is 2.72. The van der Waals surface area contributed by atoms with Gasteiger partial charge in [0.1, 0.15) is 5.82 Å². The van der Waals surface area contributed by atoms with E-state index in [9.17, 15) is 0 Å². The zero-order valence-electron chi connectivity index (χ0n) is 6.86. The largest absolute Gasteiger partial charge is 0.319 e. The van der Waals surface area contributed by atoms with E-state index in [4.69, 9.17) is 0 Å². The van der Waals surface area contributed by atoms with Gasteiger partial charge in [0.05, 0.1) is 16.9 Å². The van der Waals surface area contributed by atoms with Crippen LogP contribution >= 0.6 is 12.6 Å². The van der Waals surface area contributed by atoms with Crippen LogP contribution in [-0.4, -0.2) is 9.55 Å². The Hall–Kier alpha value is -0.960. The highest BCUT2D eigenvalue weighted by atomic mass is 32.1.